The SMILES string of the molecule is COc1ccccc1COC1CN(S(=O)(=O)c2ccc3c(c2)OCO3)C1. The number of benzene rings is 2. The van der Waals surface area contributed by atoms with E-state index < -0.39 is 10.0 Å². The van der Waals surface area contributed by atoms with E-state index in [4.69, 9.17) is 18.9 Å². The van der Waals surface area contributed by atoms with Gasteiger partial charge in [0.1, 0.15) is 5.75 Å². The smallest absolute Gasteiger partial charge is 0.243 e. The van der Waals surface area contributed by atoms with E-state index in [2.05, 4.69) is 0 Å². The average Bonchev–Trinajstić information content (AvgIpc) is 3.08. The molecule has 0 N–H and O–H groups in total. The van der Waals surface area contributed by atoms with Crippen molar-refractivity contribution >= 4 is 10.0 Å². The molecule has 0 bridgehead atoms. The third-order valence-corrected chi connectivity index (χ3v) is 6.29. The molecule has 1 fully saturated rings. The van der Waals surface area contributed by atoms with Crippen molar-refractivity contribution in [3.63, 3.8) is 0 Å². The van der Waals surface area contributed by atoms with Crippen molar-refractivity contribution in [2.45, 2.75) is 17.6 Å². The molecule has 0 saturated carbocycles. The first-order valence-corrected chi connectivity index (χ1v) is 9.65. The predicted octanol–water partition coefficient (Wildman–Crippen LogP) is 2.01. The number of ether oxygens (including phenoxy) is 4. The molecule has 7 nitrogen and oxygen atoms in total. The fraction of sp³-hybridized carbons (Fsp3) is 0.333. The highest BCUT2D eigenvalue weighted by molar-refractivity contribution is 7.89. The number of hydrogen-bond donors (Lipinski definition) is 0. The van der Waals surface area contributed by atoms with Gasteiger partial charge in [-0.3, -0.25) is 0 Å². The molecular formula is C18H19NO6S. The highest BCUT2D eigenvalue weighted by Gasteiger charge is 2.38. The predicted molar refractivity (Wildman–Crippen MR) is 92.9 cm³/mol. The molecule has 26 heavy (non-hydrogen) atoms. The number of fused-ring (bicyclic) bond motifs is 1. The fourth-order valence-electron chi connectivity index (χ4n) is 2.92. The Balaban J connectivity index is 1.36. The van der Waals surface area contributed by atoms with Gasteiger partial charge in [0, 0.05) is 24.7 Å². The number of nitrogens with zero attached hydrogens (tertiary/aromatic N) is 1. The van der Waals surface area contributed by atoms with E-state index in [1.54, 1.807) is 13.2 Å². The molecule has 1 saturated heterocycles. The van der Waals surface area contributed by atoms with Crippen LogP contribution >= 0.6 is 0 Å². The van der Waals surface area contributed by atoms with Crippen LogP contribution in [0.15, 0.2) is 47.4 Å². The maximum absolute atomic E-state index is 12.7. The molecule has 2 aliphatic heterocycles. The summed E-state index contributed by atoms with van der Waals surface area (Å²) in [6, 6.07) is 12.3. The van der Waals surface area contributed by atoms with E-state index >= 15 is 0 Å². The van der Waals surface area contributed by atoms with Gasteiger partial charge >= 0.3 is 0 Å². The first-order chi connectivity index (χ1) is 12.6. The molecule has 0 amide bonds. The molecule has 2 heterocycles. The molecule has 0 spiro atoms. The number of hydrogen-bond acceptors (Lipinski definition) is 6. The van der Waals surface area contributed by atoms with E-state index in [0.717, 1.165) is 11.3 Å². The van der Waals surface area contributed by atoms with Crippen LogP contribution in [0, 0.1) is 0 Å². The van der Waals surface area contributed by atoms with Gasteiger partial charge < -0.3 is 18.9 Å². The molecule has 0 radical (unpaired) electrons. The minimum atomic E-state index is -3.56. The number of rotatable bonds is 6. The summed E-state index contributed by atoms with van der Waals surface area (Å²) >= 11 is 0. The molecule has 0 atom stereocenters. The largest absolute Gasteiger partial charge is 0.496 e. The molecule has 8 heteroatoms. The molecule has 138 valence electrons. The molecule has 0 unspecified atom stereocenters. The van der Waals surface area contributed by atoms with Crippen molar-refractivity contribution in [3.05, 3.63) is 48.0 Å². The van der Waals surface area contributed by atoms with Gasteiger partial charge in [-0.05, 0) is 18.2 Å². The standard InChI is InChI=1S/C18H19NO6S/c1-22-16-5-3-2-4-13(16)11-23-14-9-19(10-14)26(20,21)15-6-7-17-18(8-15)25-12-24-17/h2-8,14H,9-12H2,1H3. The van der Waals surface area contributed by atoms with Gasteiger partial charge in [-0.1, -0.05) is 18.2 Å². The molecule has 2 aromatic carbocycles. The van der Waals surface area contributed by atoms with Gasteiger partial charge in [0.15, 0.2) is 11.5 Å². The summed E-state index contributed by atoms with van der Waals surface area (Å²) in [6.45, 7) is 1.14. The Kier molecular flexibility index (Phi) is 4.47. The maximum atomic E-state index is 12.7. The minimum Gasteiger partial charge on any atom is -0.496 e. The van der Waals surface area contributed by atoms with Crippen molar-refractivity contribution in [2.75, 3.05) is 27.0 Å². The van der Waals surface area contributed by atoms with Gasteiger partial charge in [-0.2, -0.15) is 4.31 Å². The first kappa shape index (κ1) is 17.1. The van der Waals surface area contributed by atoms with Gasteiger partial charge in [0.05, 0.1) is 24.7 Å². The van der Waals surface area contributed by atoms with Crippen LogP contribution in [0.25, 0.3) is 0 Å². The second-order valence-electron chi connectivity index (χ2n) is 6.08. The van der Waals surface area contributed by atoms with Crippen LogP contribution in [-0.4, -0.2) is 45.8 Å². The van der Waals surface area contributed by atoms with Crippen molar-refractivity contribution in [1.82, 2.24) is 4.31 Å². The summed E-state index contributed by atoms with van der Waals surface area (Å²) < 4.78 is 48.3. The molecule has 2 aromatic rings. The van der Waals surface area contributed by atoms with Crippen LogP contribution in [0.5, 0.6) is 17.2 Å². The van der Waals surface area contributed by atoms with E-state index in [0.29, 0.717) is 31.2 Å². The van der Waals surface area contributed by atoms with E-state index in [-0.39, 0.29) is 17.8 Å². The van der Waals surface area contributed by atoms with Crippen molar-refractivity contribution in [1.29, 1.82) is 0 Å². The molecule has 0 aliphatic carbocycles. The van der Waals surface area contributed by atoms with Gasteiger partial charge in [-0.15, -0.1) is 0 Å². The Morgan fingerprint density at radius 3 is 2.69 bits per heavy atom. The second-order valence-corrected chi connectivity index (χ2v) is 8.02. The third-order valence-electron chi connectivity index (χ3n) is 4.46. The lowest BCUT2D eigenvalue weighted by molar-refractivity contribution is -0.0301. The minimum absolute atomic E-state index is 0.113. The number of para-hydroxylation sites is 1. The second kappa shape index (κ2) is 6.79. The Morgan fingerprint density at radius 1 is 1.12 bits per heavy atom. The monoisotopic (exact) mass is 377 g/mol. The van der Waals surface area contributed by atoms with Crippen LogP contribution in [0.1, 0.15) is 5.56 Å². The lowest BCUT2D eigenvalue weighted by atomic mass is 10.2. The Morgan fingerprint density at radius 2 is 1.88 bits per heavy atom. The molecule has 4 rings (SSSR count). The normalized spacial score (nSPS) is 17.1. The lowest BCUT2D eigenvalue weighted by Crippen LogP contribution is -2.54. The summed E-state index contributed by atoms with van der Waals surface area (Å²) in [6.07, 6.45) is -0.135. The zero-order chi connectivity index (χ0) is 18.1. The van der Waals surface area contributed by atoms with Crippen molar-refractivity contribution in [3.8, 4) is 17.2 Å². The molecule has 2 aliphatic rings. The van der Waals surface area contributed by atoms with Crippen molar-refractivity contribution < 1.29 is 27.4 Å². The van der Waals surface area contributed by atoms with E-state index in [9.17, 15) is 8.42 Å². The molecule has 0 aromatic heterocycles. The van der Waals surface area contributed by atoms with Gasteiger partial charge in [0.25, 0.3) is 0 Å². The van der Waals surface area contributed by atoms with Crippen LogP contribution in [0.4, 0.5) is 0 Å². The topological polar surface area (TPSA) is 74.3 Å². The summed E-state index contributed by atoms with van der Waals surface area (Å²) in [5.41, 5.74) is 0.937. The number of sulfonamides is 1. The summed E-state index contributed by atoms with van der Waals surface area (Å²) in [5.74, 6) is 1.78. The zero-order valence-corrected chi connectivity index (χ0v) is 15.1. The maximum Gasteiger partial charge on any atom is 0.243 e. The van der Waals surface area contributed by atoms with E-state index in [1.807, 2.05) is 24.3 Å². The number of methoxy groups -OCH3 is 1. The average molecular weight is 377 g/mol. The van der Waals surface area contributed by atoms with E-state index in [1.165, 1.54) is 16.4 Å². The van der Waals surface area contributed by atoms with Gasteiger partial charge in [0.2, 0.25) is 16.8 Å². The Hall–Kier alpha value is -2.29. The first-order valence-electron chi connectivity index (χ1n) is 8.21. The van der Waals surface area contributed by atoms with Crippen LogP contribution in [-0.2, 0) is 21.4 Å². The molecular weight excluding hydrogens is 358 g/mol. The summed E-state index contributed by atoms with van der Waals surface area (Å²) in [7, 11) is -1.95. The quantitative estimate of drug-likeness (QED) is 0.767. The Bertz CT molecular complexity index is 908. The highest BCUT2D eigenvalue weighted by Crippen LogP contribution is 2.35. The van der Waals surface area contributed by atoms with Gasteiger partial charge in [-0.25, -0.2) is 8.42 Å². The third kappa shape index (κ3) is 3.11. The lowest BCUT2D eigenvalue weighted by Gasteiger charge is -2.37. The summed E-state index contributed by atoms with van der Waals surface area (Å²) in [4.78, 5) is 0.199. The zero-order valence-electron chi connectivity index (χ0n) is 14.3. The van der Waals surface area contributed by atoms with Crippen LogP contribution in [0.3, 0.4) is 0 Å². The highest BCUT2D eigenvalue weighted by atomic mass is 32.2. The summed E-state index contributed by atoms with van der Waals surface area (Å²) in [5, 5.41) is 0. The van der Waals surface area contributed by atoms with Crippen LogP contribution < -0.4 is 14.2 Å². The van der Waals surface area contributed by atoms with Crippen molar-refractivity contribution in [2.24, 2.45) is 0 Å². The van der Waals surface area contributed by atoms with Crippen LogP contribution in [0.2, 0.25) is 0 Å². The fourth-order valence-corrected chi connectivity index (χ4v) is 4.44. The Labute approximate surface area is 152 Å².